The number of benzene rings is 17. The summed E-state index contributed by atoms with van der Waals surface area (Å²) < 4.78 is 49.7. The molecule has 4 aliphatic rings. The van der Waals surface area contributed by atoms with Gasteiger partial charge in [-0.05, 0) is 199 Å². The van der Waals surface area contributed by atoms with Gasteiger partial charge in [0.1, 0.15) is 0 Å². The molecule has 17 aromatic carbocycles. The molecule has 544 valence electrons. The maximum Gasteiger partial charge on any atom is 0.252 e. The summed E-state index contributed by atoms with van der Waals surface area (Å²) in [6.07, 6.45) is 0. The van der Waals surface area contributed by atoms with Crippen LogP contribution in [0, 0.1) is 0 Å². The largest absolute Gasteiger partial charge is 0.310 e. The van der Waals surface area contributed by atoms with Crippen molar-refractivity contribution < 1.29 is 6.85 Å². The van der Waals surface area contributed by atoms with E-state index in [1.54, 1.807) is 0 Å². The first-order chi connectivity index (χ1) is 58.4. The van der Waals surface area contributed by atoms with E-state index in [4.69, 9.17) is 1.37 Å². The van der Waals surface area contributed by atoms with Gasteiger partial charge >= 0.3 is 0 Å². The molecular weight excluding hydrogens is 1390 g/mol. The lowest BCUT2D eigenvalue weighted by molar-refractivity contribution is 0.590. The van der Waals surface area contributed by atoms with Crippen LogP contribution in [0.2, 0.25) is 0 Å². The van der Waals surface area contributed by atoms with E-state index in [1.165, 1.54) is 66.4 Å². The topological polar surface area (TPSA) is 11.4 Å². The molecule has 3 heterocycles. The van der Waals surface area contributed by atoms with Crippen LogP contribution in [0.15, 0.2) is 388 Å². The molecule has 0 bridgehead atoms. The Balaban J connectivity index is 0.948. The quantitative estimate of drug-likeness (QED) is 0.126. The van der Waals surface area contributed by atoms with Crippen LogP contribution in [0.3, 0.4) is 0 Å². The molecular formula is C111H82BN3. The van der Waals surface area contributed by atoms with E-state index in [0.717, 1.165) is 134 Å². The molecule has 0 saturated carbocycles. The molecule has 4 heteroatoms. The lowest BCUT2D eigenvalue weighted by Crippen LogP contribution is -2.61. The van der Waals surface area contributed by atoms with E-state index in [-0.39, 0.29) is 40.6 Å². The van der Waals surface area contributed by atoms with Gasteiger partial charge in [-0.3, -0.25) is 0 Å². The Morgan fingerprint density at radius 3 is 1.20 bits per heavy atom. The fourth-order valence-corrected chi connectivity index (χ4v) is 19.8. The molecule has 1 spiro atoms. The van der Waals surface area contributed by atoms with Crippen LogP contribution in [0.25, 0.3) is 128 Å². The number of rotatable bonds is 10. The highest BCUT2D eigenvalue weighted by atomic mass is 15.2. The Hall–Kier alpha value is -13.8. The van der Waals surface area contributed by atoms with Crippen molar-refractivity contribution >= 4 is 79.0 Å². The molecule has 1 aromatic heterocycles. The van der Waals surface area contributed by atoms with Gasteiger partial charge in [-0.25, -0.2) is 0 Å². The molecule has 3 nitrogen and oxygen atoms in total. The summed E-state index contributed by atoms with van der Waals surface area (Å²) in [7, 11) is 0. The van der Waals surface area contributed by atoms with Crippen molar-refractivity contribution in [2.45, 2.75) is 57.8 Å². The van der Waals surface area contributed by atoms with Gasteiger partial charge in [0.2, 0.25) is 0 Å². The first kappa shape index (κ1) is 62.8. The van der Waals surface area contributed by atoms with Gasteiger partial charge < -0.3 is 14.4 Å². The van der Waals surface area contributed by atoms with Crippen molar-refractivity contribution in [3.63, 3.8) is 0 Å². The van der Waals surface area contributed by atoms with Crippen LogP contribution >= 0.6 is 0 Å². The van der Waals surface area contributed by atoms with Crippen LogP contribution in [-0.4, -0.2) is 11.3 Å². The molecule has 115 heavy (non-hydrogen) atoms. The van der Waals surface area contributed by atoms with Crippen molar-refractivity contribution in [1.29, 1.82) is 0 Å². The predicted molar refractivity (Wildman–Crippen MR) is 487 cm³/mol. The maximum absolute atomic E-state index is 9.82. The second kappa shape index (κ2) is 26.1. The van der Waals surface area contributed by atoms with Gasteiger partial charge in [0, 0.05) is 55.8 Å². The summed E-state index contributed by atoms with van der Waals surface area (Å²) in [4.78, 5) is 5.18. The number of anilines is 6. The number of hydrogen-bond acceptors (Lipinski definition) is 2. The summed E-state index contributed by atoms with van der Waals surface area (Å²) in [5.41, 5.74) is 36.2. The van der Waals surface area contributed by atoms with E-state index in [9.17, 15) is 5.48 Å². The number of para-hydroxylation sites is 1. The van der Waals surface area contributed by atoms with E-state index in [2.05, 4.69) is 408 Å². The van der Waals surface area contributed by atoms with Crippen molar-refractivity contribution in [2.75, 3.05) is 9.80 Å². The zero-order valence-electron chi connectivity index (χ0n) is 70.0. The molecule has 0 atom stereocenters. The van der Waals surface area contributed by atoms with Crippen molar-refractivity contribution in [2.24, 2.45) is 0 Å². The third kappa shape index (κ3) is 10.5. The second-order valence-electron chi connectivity index (χ2n) is 33.4. The number of fused-ring (bicyclic) bond motifs is 17. The number of hydrogen-bond donors (Lipinski definition) is 0. The van der Waals surface area contributed by atoms with E-state index < -0.39 is 18.2 Å². The molecule has 22 rings (SSSR count). The van der Waals surface area contributed by atoms with Gasteiger partial charge in [-0.2, -0.15) is 0 Å². The third-order valence-electron chi connectivity index (χ3n) is 25.0. The average molecular weight is 1470 g/mol. The standard InChI is InChI=1S/C111H82BN3/c1-109(2,3)80-57-61-99-92(67-80)93-68-81(110(4,5)6)58-62-100(93)113(99)82-69-103-106-104(70-82)115(108-90(75-41-21-11-22-42-75)63-79(72-35-15-8-16-36-72)64-91(108)76-43-23-12-24-44-76)102-66-78(83-48-31-51-89-88-47-27-30-54-96(88)111(105(83)89)94-52-28-25-45-86(94)87-46-26-29-53-95(87)111)55-59-97(102)112(106)98-65-77(71-33-13-7-14-34-71)56-60-101(98)114(103)107-84(73-37-17-9-18-38-73)49-32-50-85(107)74-39-19-10-20-40-74/h7-70H,1-6H3/i7D,13D,14D,33D,34D. The highest BCUT2D eigenvalue weighted by Gasteiger charge is 2.53. The monoisotopic (exact) mass is 1470 g/mol. The summed E-state index contributed by atoms with van der Waals surface area (Å²) in [6.45, 7) is 13.3. The lowest BCUT2D eigenvalue weighted by Gasteiger charge is -2.46. The fourth-order valence-electron chi connectivity index (χ4n) is 19.8. The first-order valence-electron chi connectivity index (χ1n) is 42.7. The zero-order valence-corrected chi connectivity index (χ0v) is 65.0. The summed E-state index contributed by atoms with van der Waals surface area (Å²) in [5.74, 6) is 0. The molecule has 0 amide bonds. The van der Waals surface area contributed by atoms with Crippen LogP contribution in [0.4, 0.5) is 34.1 Å². The minimum Gasteiger partial charge on any atom is -0.310 e. The van der Waals surface area contributed by atoms with E-state index >= 15 is 0 Å². The highest BCUT2D eigenvalue weighted by Crippen LogP contribution is 2.65. The molecule has 0 N–H and O–H groups in total. The van der Waals surface area contributed by atoms with Crippen LogP contribution in [0.1, 0.15) is 81.8 Å². The molecule has 18 aromatic rings. The Morgan fingerprint density at radius 1 is 0.278 bits per heavy atom. The predicted octanol–water partition coefficient (Wildman–Crippen LogP) is 27.5. The molecule has 0 saturated heterocycles. The molecule has 0 unspecified atom stereocenters. The minimum absolute atomic E-state index is 0.136. The van der Waals surface area contributed by atoms with Crippen LogP contribution in [-0.2, 0) is 16.2 Å². The van der Waals surface area contributed by atoms with Gasteiger partial charge in [0.05, 0.1) is 40.4 Å². The van der Waals surface area contributed by atoms with Gasteiger partial charge in [-0.15, -0.1) is 0 Å². The van der Waals surface area contributed by atoms with E-state index in [0.29, 0.717) is 5.56 Å². The smallest absolute Gasteiger partial charge is 0.252 e. The van der Waals surface area contributed by atoms with Gasteiger partial charge in [0.25, 0.3) is 6.71 Å². The van der Waals surface area contributed by atoms with E-state index in [1.807, 2.05) is 6.07 Å². The Kier molecular flexibility index (Phi) is 14.3. The van der Waals surface area contributed by atoms with Crippen LogP contribution < -0.4 is 26.2 Å². The molecule has 0 fully saturated rings. The SMILES string of the molecule is [2H]c1c([2H])c([2H])c(-c2ccc3c(c2)B2c4ccc(-c5cccc6c5C5(c7ccccc7-c7ccccc75)c5ccccc5-6)cc4N(c4c(-c5ccccc5)cc(-c5ccccc5)cc4-c4ccccc4)c4cc(-n5c6ccc(C(C)(C)C)cc6c6cc(C(C)(C)C)ccc65)cc(c42)N3c2c(-c3ccccc3)cccc2-c2ccccc2)c([2H])c1[2H]. The van der Waals surface area contributed by atoms with Gasteiger partial charge in [-0.1, -0.05) is 369 Å². The normalized spacial score (nSPS) is 13.9. The summed E-state index contributed by atoms with van der Waals surface area (Å²) in [5, 5.41) is 2.33. The summed E-state index contributed by atoms with van der Waals surface area (Å²) in [6, 6.07) is 131. The molecule has 2 aliphatic carbocycles. The second-order valence-corrected chi connectivity index (χ2v) is 33.4. The Bertz CT molecular complexity index is 7030. The minimum atomic E-state index is -0.695. The molecule has 0 radical (unpaired) electrons. The Labute approximate surface area is 681 Å². The van der Waals surface area contributed by atoms with Crippen molar-refractivity contribution in [1.82, 2.24) is 4.57 Å². The third-order valence-corrected chi connectivity index (χ3v) is 25.0. The molecule has 2 aliphatic heterocycles. The van der Waals surface area contributed by atoms with Crippen molar-refractivity contribution in [3.8, 4) is 106 Å². The number of nitrogens with zero attached hydrogens (tertiary/aromatic N) is 3. The highest BCUT2D eigenvalue weighted by molar-refractivity contribution is 7.00. The van der Waals surface area contributed by atoms with Crippen LogP contribution in [0.5, 0.6) is 0 Å². The fraction of sp³-hybridized carbons (Fsp3) is 0.0811. The Morgan fingerprint density at radius 2 is 0.696 bits per heavy atom. The first-order valence-corrected chi connectivity index (χ1v) is 40.2. The average Bonchev–Trinajstić information content (AvgIpc) is 1.42. The zero-order chi connectivity index (χ0) is 81.4. The lowest BCUT2D eigenvalue weighted by atomic mass is 9.33. The number of aromatic nitrogens is 1. The van der Waals surface area contributed by atoms with Gasteiger partial charge in [0.15, 0.2) is 0 Å². The summed E-state index contributed by atoms with van der Waals surface area (Å²) >= 11 is 0. The maximum atomic E-state index is 9.82. The van der Waals surface area contributed by atoms with Crippen molar-refractivity contribution in [3.05, 3.63) is 422 Å².